The van der Waals surface area contributed by atoms with Crippen molar-refractivity contribution in [2.75, 3.05) is 5.73 Å². The zero-order chi connectivity index (χ0) is 21.7. The number of hydrogen-bond acceptors (Lipinski definition) is 5. The highest BCUT2D eigenvalue weighted by atomic mass is 16.2. The molecule has 0 aliphatic carbocycles. The zero-order valence-electron chi connectivity index (χ0n) is 16.7. The van der Waals surface area contributed by atoms with E-state index in [1.807, 2.05) is 13.0 Å². The first-order chi connectivity index (χ1) is 14.4. The van der Waals surface area contributed by atoms with Gasteiger partial charge in [-0.15, -0.1) is 0 Å². The van der Waals surface area contributed by atoms with E-state index in [0.29, 0.717) is 35.5 Å². The quantitative estimate of drug-likeness (QED) is 0.269. The van der Waals surface area contributed by atoms with Gasteiger partial charge in [0.1, 0.15) is 5.84 Å². The van der Waals surface area contributed by atoms with Gasteiger partial charge in [-0.25, -0.2) is 4.68 Å². The first kappa shape index (κ1) is 20.8. The van der Waals surface area contributed by atoms with Crippen LogP contribution in [0, 0.1) is 5.41 Å². The Kier molecular flexibility index (Phi) is 6.26. The predicted octanol–water partition coefficient (Wildman–Crippen LogP) is 1.66. The monoisotopic (exact) mass is 404 g/mol. The van der Waals surface area contributed by atoms with Gasteiger partial charge < -0.3 is 16.8 Å². The summed E-state index contributed by atoms with van der Waals surface area (Å²) in [6.45, 7) is 2.54. The van der Waals surface area contributed by atoms with Crippen LogP contribution in [0.3, 0.4) is 0 Å². The van der Waals surface area contributed by atoms with Gasteiger partial charge in [0.15, 0.2) is 0 Å². The molecule has 1 heterocycles. The lowest BCUT2D eigenvalue weighted by Crippen LogP contribution is -2.31. The molecule has 30 heavy (non-hydrogen) atoms. The fraction of sp³-hybridized carbons (Fsp3) is 0.182. The number of aromatic nitrogens is 2. The van der Waals surface area contributed by atoms with E-state index in [9.17, 15) is 9.59 Å². The summed E-state index contributed by atoms with van der Waals surface area (Å²) in [4.78, 5) is 25.5. The third-order valence-electron chi connectivity index (χ3n) is 4.73. The lowest BCUT2D eigenvalue weighted by Gasteiger charge is -2.12. The maximum Gasteiger partial charge on any atom is 0.271 e. The fourth-order valence-corrected chi connectivity index (χ4v) is 3.11. The van der Waals surface area contributed by atoms with Crippen LogP contribution in [0.5, 0.6) is 0 Å². The number of amides is 1. The van der Waals surface area contributed by atoms with Gasteiger partial charge in [0.25, 0.3) is 5.56 Å². The lowest BCUT2D eigenvalue weighted by atomic mass is 10.00. The molecule has 0 aliphatic heterocycles. The van der Waals surface area contributed by atoms with Crippen LogP contribution in [0.15, 0.2) is 59.5 Å². The summed E-state index contributed by atoms with van der Waals surface area (Å²) in [7, 11) is 0. The van der Waals surface area contributed by atoms with E-state index in [4.69, 9.17) is 16.9 Å². The Labute approximate surface area is 174 Å². The number of carbonyl (C=O) groups is 1. The Morgan fingerprint density at radius 1 is 1.20 bits per heavy atom. The molecular weight excluding hydrogens is 380 g/mol. The first-order valence-corrected chi connectivity index (χ1v) is 9.54. The summed E-state index contributed by atoms with van der Waals surface area (Å²) >= 11 is 0. The molecule has 3 aromatic rings. The van der Waals surface area contributed by atoms with Gasteiger partial charge in [0.05, 0.1) is 12.6 Å². The molecule has 1 amide bonds. The van der Waals surface area contributed by atoms with Crippen molar-refractivity contribution in [3.05, 3.63) is 81.8 Å². The normalized spacial score (nSPS) is 10.6. The third-order valence-corrected chi connectivity index (χ3v) is 4.73. The second-order valence-electron chi connectivity index (χ2n) is 6.85. The highest BCUT2D eigenvalue weighted by molar-refractivity contribution is 5.94. The number of anilines is 1. The molecule has 154 valence electrons. The van der Waals surface area contributed by atoms with Crippen molar-refractivity contribution in [3.8, 4) is 11.1 Å². The van der Waals surface area contributed by atoms with Crippen LogP contribution in [-0.4, -0.2) is 21.5 Å². The van der Waals surface area contributed by atoms with Crippen LogP contribution in [0.2, 0.25) is 0 Å². The van der Waals surface area contributed by atoms with Crippen LogP contribution >= 0.6 is 0 Å². The Morgan fingerprint density at radius 3 is 2.57 bits per heavy atom. The molecule has 3 rings (SSSR count). The van der Waals surface area contributed by atoms with Crippen LogP contribution in [-0.2, 0) is 24.3 Å². The highest BCUT2D eigenvalue weighted by Crippen LogP contribution is 2.23. The van der Waals surface area contributed by atoms with E-state index in [2.05, 4.69) is 10.4 Å². The third kappa shape index (κ3) is 4.72. The lowest BCUT2D eigenvalue weighted by molar-refractivity contribution is -0.120. The van der Waals surface area contributed by atoms with Crippen LogP contribution in [0.25, 0.3) is 11.1 Å². The Balaban J connectivity index is 1.81. The second-order valence-corrected chi connectivity index (χ2v) is 6.85. The Hall–Kier alpha value is -3.94. The maximum absolute atomic E-state index is 12.8. The molecule has 2 aromatic carbocycles. The number of rotatable bonds is 7. The number of nitrogens with zero attached hydrogens (tertiary/aromatic N) is 2. The molecule has 0 saturated heterocycles. The molecule has 0 atom stereocenters. The van der Waals surface area contributed by atoms with Crippen LogP contribution in [0.1, 0.15) is 23.6 Å². The van der Waals surface area contributed by atoms with E-state index < -0.39 is 0 Å². The van der Waals surface area contributed by atoms with Crippen LogP contribution < -0.4 is 22.3 Å². The largest absolute Gasteiger partial charge is 0.399 e. The zero-order valence-corrected chi connectivity index (χ0v) is 16.7. The standard InChI is InChI=1S/C22H24N6O2/c1-2-28-22(30)18(19(13-27-28)16-4-3-5-17(23)10-16)11-20(29)26-12-14-6-8-15(9-7-14)21(24)25/h3-10,13H,2,11-12,23H2,1H3,(H3,24,25)(H,26,29). The van der Waals surface area contributed by atoms with Crippen LogP contribution in [0.4, 0.5) is 5.69 Å². The first-order valence-electron chi connectivity index (χ1n) is 9.54. The predicted molar refractivity (Wildman–Crippen MR) is 117 cm³/mol. The van der Waals surface area contributed by atoms with Crippen molar-refractivity contribution < 1.29 is 4.79 Å². The topological polar surface area (TPSA) is 140 Å². The second kappa shape index (κ2) is 9.04. The van der Waals surface area contributed by atoms with Gasteiger partial charge in [-0.2, -0.15) is 5.10 Å². The van der Waals surface area contributed by atoms with Gasteiger partial charge in [0, 0.05) is 35.5 Å². The molecule has 0 spiro atoms. The summed E-state index contributed by atoms with van der Waals surface area (Å²) in [5, 5.41) is 14.4. The SMILES string of the molecule is CCn1ncc(-c2cccc(N)c2)c(CC(=O)NCc2ccc(C(=N)N)cc2)c1=O. The summed E-state index contributed by atoms with van der Waals surface area (Å²) in [5.74, 6) is -0.286. The molecule has 1 aromatic heterocycles. The molecule has 8 heteroatoms. The van der Waals surface area contributed by atoms with Crippen molar-refractivity contribution in [2.45, 2.75) is 26.4 Å². The number of hydrogen-bond donors (Lipinski definition) is 4. The molecule has 0 saturated carbocycles. The van der Waals surface area contributed by atoms with E-state index in [1.165, 1.54) is 4.68 Å². The van der Waals surface area contributed by atoms with E-state index in [1.54, 1.807) is 48.7 Å². The van der Waals surface area contributed by atoms with E-state index in [-0.39, 0.29) is 23.7 Å². The van der Waals surface area contributed by atoms with Gasteiger partial charge in [-0.05, 0) is 30.2 Å². The highest BCUT2D eigenvalue weighted by Gasteiger charge is 2.16. The number of carbonyl (C=O) groups excluding carboxylic acids is 1. The number of nitrogen functional groups attached to an aromatic ring is 2. The minimum atomic E-state index is -0.293. The van der Waals surface area contributed by atoms with E-state index >= 15 is 0 Å². The summed E-state index contributed by atoms with van der Waals surface area (Å²) in [5.41, 5.74) is 14.8. The fourth-order valence-electron chi connectivity index (χ4n) is 3.11. The number of nitrogens with two attached hydrogens (primary N) is 2. The van der Waals surface area contributed by atoms with Crippen molar-refractivity contribution in [1.82, 2.24) is 15.1 Å². The summed E-state index contributed by atoms with van der Waals surface area (Å²) in [6.07, 6.45) is 1.53. The minimum absolute atomic E-state index is 0.00967. The van der Waals surface area contributed by atoms with Crippen molar-refractivity contribution in [2.24, 2.45) is 5.73 Å². The molecule has 0 bridgehead atoms. The molecule has 0 aliphatic rings. The minimum Gasteiger partial charge on any atom is -0.399 e. The summed E-state index contributed by atoms with van der Waals surface area (Å²) in [6, 6.07) is 14.2. The van der Waals surface area contributed by atoms with Crippen molar-refractivity contribution >= 4 is 17.4 Å². The average Bonchev–Trinajstić information content (AvgIpc) is 2.74. The molecule has 0 fully saturated rings. The van der Waals surface area contributed by atoms with Gasteiger partial charge in [-0.1, -0.05) is 36.4 Å². The van der Waals surface area contributed by atoms with Gasteiger partial charge >= 0.3 is 0 Å². The molecule has 0 unspecified atom stereocenters. The maximum atomic E-state index is 12.8. The Morgan fingerprint density at radius 2 is 1.93 bits per heavy atom. The average molecular weight is 404 g/mol. The van der Waals surface area contributed by atoms with Gasteiger partial charge in [-0.3, -0.25) is 15.0 Å². The van der Waals surface area contributed by atoms with Crippen molar-refractivity contribution in [3.63, 3.8) is 0 Å². The molecular formula is C22H24N6O2. The Bertz CT molecular complexity index is 1140. The molecule has 0 radical (unpaired) electrons. The van der Waals surface area contributed by atoms with Gasteiger partial charge in [0.2, 0.25) is 5.91 Å². The molecule has 6 N–H and O–H groups in total. The van der Waals surface area contributed by atoms with E-state index in [0.717, 1.165) is 11.1 Å². The number of aryl methyl sites for hydroxylation is 1. The summed E-state index contributed by atoms with van der Waals surface area (Å²) < 4.78 is 1.33. The van der Waals surface area contributed by atoms with Crippen molar-refractivity contribution in [1.29, 1.82) is 5.41 Å². The number of benzene rings is 2. The molecule has 8 nitrogen and oxygen atoms in total. The number of nitrogens with one attached hydrogen (secondary N) is 2. The smallest absolute Gasteiger partial charge is 0.271 e. The number of amidine groups is 1.